The fraction of sp³-hybridized carbons (Fsp3) is 0.698. The van der Waals surface area contributed by atoms with E-state index >= 15 is 0 Å². The van der Waals surface area contributed by atoms with Crippen LogP contribution in [0.1, 0.15) is 142 Å². The molecule has 0 saturated carbocycles. The molecule has 0 aliphatic heterocycles. The summed E-state index contributed by atoms with van der Waals surface area (Å²) >= 11 is 0. The van der Waals surface area contributed by atoms with Crippen LogP contribution in [0.15, 0.2) is 72.9 Å². The molecule has 0 aliphatic carbocycles. The Bertz CT molecular complexity index is 1080. The number of nitrogens with zero attached hydrogens (tertiary/aromatic N) is 1. The van der Waals surface area contributed by atoms with Crippen LogP contribution in [0.25, 0.3) is 0 Å². The lowest BCUT2D eigenvalue weighted by molar-refractivity contribution is -0.870. The monoisotopic (exact) mass is 750 g/mol. The number of likely N-dealkylation sites (N-methyl/N-ethyl adjacent to an activating group) is 1. The van der Waals surface area contributed by atoms with Crippen LogP contribution in [0, 0.1) is 0 Å². The molecular formula is C43H78N2O6P+. The Morgan fingerprint density at radius 2 is 1.15 bits per heavy atom. The molecule has 3 unspecified atom stereocenters. The first kappa shape index (κ1) is 49.9. The molecule has 0 aromatic rings. The minimum Gasteiger partial charge on any atom is -0.391 e. The number of carbonyl (C=O) groups is 1. The van der Waals surface area contributed by atoms with Crippen LogP contribution in [-0.2, 0) is 18.4 Å². The highest BCUT2D eigenvalue weighted by atomic mass is 31.2. The van der Waals surface area contributed by atoms with Crippen molar-refractivity contribution in [3.63, 3.8) is 0 Å². The van der Waals surface area contributed by atoms with Crippen LogP contribution >= 0.6 is 7.82 Å². The van der Waals surface area contributed by atoms with E-state index in [1.54, 1.807) is 0 Å². The molecule has 0 saturated heterocycles. The molecule has 0 spiro atoms. The van der Waals surface area contributed by atoms with E-state index in [1.807, 2.05) is 21.1 Å². The molecule has 8 nitrogen and oxygen atoms in total. The third-order valence-corrected chi connectivity index (χ3v) is 9.45. The summed E-state index contributed by atoms with van der Waals surface area (Å²) in [6.07, 6.45) is 45.2. The van der Waals surface area contributed by atoms with Gasteiger partial charge in [0.1, 0.15) is 13.2 Å². The molecule has 0 aliphatic rings. The zero-order valence-electron chi connectivity index (χ0n) is 33.8. The van der Waals surface area contributed by atoms with Gasteiger partial charge in [-0.25, -0.2) is 4.57 Å². The second kappa shape index (κ2) is 34.7. The summed E-state index contributed by atoms with van der Waals surface area (Å²) in [5.41, 5.74) is 0. The van der Waals surface area contributed by atoms with Gasteiger partial charge in [0.2, 0.25) is 5.91 Å². The Balaban J connectivity index is 4.32. The summed E-state index contributed by atoms with van der Waals surface area (Å²) in [6.45, 7) is 4.67. The lowest BCUT2D eigenvalue weighted by Crippen LogP contribution is -2.46. The van der Waals surface area contributed by atoms with Gasteiger partial charge in [0.05, 0.1) is 39.9 Å². The zero-order valence-corrected chi connectivity index (χ0v) is 34.7. The van der Waals surface area contributed by atoms with Crippen LogP contribution in [-0.4, -0.2) is 73.4 Å². The van der Waals surface area contributed by atoms with E-state index in [2.05, 4.69) is 92.1 Å². The number of rotatable bonds is 35. The van der Waals surface area contributed by atoms with Gasteiger partial charge in [-0.1, -0.05) is 145 Å². The highest BCUT2D eigenvalue weighted by Gasteiger charge is 2.28. The van der Waals surface area contributed by atoms with Gasteiger partial charge in [-0.2, -0.15) is 0 Å². The van der Waals surface area contributed by atoms with Gasteiger partial charge in [0.15, 0.2) is 0 Å². The minimum atomic E-state index is -4.31. The van der Waals surface area contributed by atoms with Gasteiger partial charge >= 0.3 is 7.82 Å². The average molecular weight is 750 g/mol. The Morgan fingerprint density at radius 3 is 1.69 bits per heavy atom. The summed E-state index contributed by atoms with van der Waals surface area (Å²) in [7, 11) is 1.58. The molecule has 3 atom stereocenters. The fourth-order valence-electron chi connectivity index (χ4n) is 5.22. The van der Waals surface area contributed by atoms with E-state index in [4.69, 9.17) is 9.05 Å². The number of hydrogen-bond donors (Lipinski definition) is 3. The quantitative estimate of drug-likeness (QED) is 0.0258. The highest BCUT2D eigenvalue weighted by molar-refractivity contribution is 7.47. The van der Waals surface area contributed by atoms with Crippen LogP contribution in [0.4, 0.5) is 0 Å². The summed E-state index contributed by atoms with van der Waals surface area (Å²) in [6, 6.07) is -0.775. The predicted molar refractivity (Wildman–Crippen MR) is 221 cm³/mol. The molecular weight excluding hydrogens is 671 g/mol. The summed E-state index contributed by atoms with van der Waals surface area (Å²) < 4.78 is 23.4. The topological polar surface area (TPSA) is 105 Å². The predicted octanol–water partition coefficient (Wildman–Crippen LogP) is 10.9. The van der Waals surface area contributed by atoms with Gasteiger partial charge in [-0.05, 0) is 64.2 Å². The smallest absolute Gasteiger partial charge is 0.391 e. The number of phosphoric ester groups is 1. The normalized spacial score (nSPS) is 15.3. The number of aliphatic hydroxyl groups is 1. The third kappa shape index (κ3) is 36.3. The van der Waals surface area contributed by atoms with Crippen molar-refractivity contribution in [2.75, 3.05) is 40.9 Å². The van der Waals surface area contributed by atoms with Crippen LogP contribution in [0.2, 0.25) is 0 Å². The van der Waals surface area contributed by atoms with Gasteiger partial charge < -0.3 is 19.8 Å². The lowest BCUT2D eigenvalue weighted by atomic mass is 10.0. The van der Waals surface area contributed by atoms with Crippen LogP contribution in [0.3, 0.4) is 0 Å². The second-order valence-corrected chi connectivity index (χ2v) is 16.1. The van der Waals surface area contributed by atoms with Crippen molar-refractivity contribution < 1.29 is 32.9 Å². The van der Waals surface area contributed by atoms with Crippen LogP contribution < -0.4 is 5.32 Å². The molecule has 0 fully saturated rings. The van der Waals surface area contributed by atoms with E-state index in [9.17, 15) is 19.4 Å². The minimum absolute atomic E-state index is 0.0645. The van der Waals surface area contributed by atoms with Gasteiger partial charge in [-0.3, -0.25) is 13.8 Å². The molecule has 9 heteroatoms. The van der Waals surface area contributed by atoms with Crippen molar-refractivity contribution >= 4 is 13.7 Å². The zero-order chi connectivity index (χ0) is 38.6. The summed E-state index contributed by atoms with van der Waals surface area (Å²) in [5.74, 6) is -0.178. The number of phosphoric acid groups is 1. The lowest BCUT2D eigenvalue weighted by Gasteiger charge is -2.26. The van der Waals surface area contributed by atoms with Crippen LogP contribution in [0.5, 0.6) is 0 Å². The molecule has 0 rings (SSSR count). The van der Waals surface area contributed by atoms with E-state index in [-0.39, 0.29) is 19.1 Å². The molecule has 0 aromatic heterocycles. The fourth-order valence-corrected chi connectivity index (χ4v) is 5.96. The number of hydrogen-bond acceptors (Lipinski definition) is 5. The second-order valence-electron chi connectivity index (χ2n) is 14.6. The molecule has 0 bridgehead atoms. The molecule has 0 radical (unpaired) electrons. The number of amides is 1. The maximum absolute atomic E-state index is 12.8. The summed E-state index contributed by atoms with van der Waals surface area (Å²) in [4.78, 5) is 23.0. The number of aliphatic hydroxyl groups excluding tert-OH is 1. The molecule has 300 valence electrons. The SMILES string of the molecule is CC/C=C\C/C=C\C/C=C\C/C=C\C/C=C\C/C=C\CCCCCCC(=O)NC(COP(=O)(O)OCC[N+](C)(C)C)C(O)CCCCCCCCC. The number of allylic oxidation sites excluding steroid dienone is 12. The average Bonchev–Trinajstić information content (AvgIpc) is 3.09. The van der Waals surface area contributed by atoms with Gasteiger partial charge in [0, 0.05) is 6.42 Å². The number of carbonyl (C=O) groups excluding carboxylic acids is 1. The molecule has 3 N–H and O–H groups in total. The third-order valence-electron chi connectivity index (χ3n) is 8.47. The standard InChI is InChI=1S/C43H77N2O6P/c1-6-8-10-12-14-15-16-17-18-19-20-21-22-23-24-25-26-27-28-29-31-33-35-37-43(47)44-41(42(46)36-34-32-30-13-11-9-7-2)40-51-52(48,49)50-39-38-45(3,4)5/h8,10,14-15,17-18,20-21,23-24,26-27,41-42,46H,6-7,9,11-13,16,19,22,25,28-40H2,1-5H3,(H-,44,47,48,49)/p+1/b10-8-,15-14-,18-17-,21-20-,24-23-,27-26-. The highest BCUT2D eigenvalue weighted by Crippen LogP contribution is 2.43. The first-order valence-electron chi connectivity index (χ1n) is 20.3. The van der Waals surface area contributed by atoms with E-state index < -0.39 is 20.0 Å². The van der Waals surface area contributed by atoms with Gasteiger partial charge in [-0.15, -0.1) is 0 Å². The first-order chi connectivity index (χ1) is 25.0. The Kier molecular flexibility index (Phi) is 33.3. The van der Waals surface area contributed by atoms with Crippen molar-refractivity contribution in [1.29, 1.82) is 0 Å². The van der Waals surface area contributed by atoms with Crippen molar-refractivity contribution in [1.82, 2.24) is 5.32 Å². The summed E-state index contributed by atoms with van der Waals surface area (Å²) in [5, 5.41) is 13.8. The van der Waals surface area contributed by atoms with Gasteiger partial charge in [0.25, 0.3) is 0 Å². The largest absolute Gasteiger partial charge is 0.472 e. The Hall–Kier alpha value is -2.06. The first-order valence-corrected chi connectivity index (χ1v) is 21.8. The number of unbranched alkanes of at least 4 members (excludes halogenated alkanes) is 10. The van der Waals surface area contributed by atoms with Crippen molar-refractivity contribution in [3.8, 4) is 0 Å². The molecule has 0 aromatic carbocycles. The molecule has 52 heavy (non-hydrogen) atoms. The number of nitrogens with one attached hydrogen (secondary N) is 1. The van der Waals surface area contributed by atoms with E-state index in [0.717, 1.165) is 89.9 Å². The van der Waals surface area contributed by atoms with E-state index in [0.29, 0.717) is 23.9 Å². The Labute approximate surface area is 319 Å². The maximum atomic E-state index is 12.8. The molecule has 1 amide bonds. The van der Waals surface area contributed by atoms with Crippen molar-refractivity contribution in [2.45, 2.75) is 154 Å². The van der Waals surface area contributed by atoms with Crippen molar-refractivity contribution in [3.05, 3.63) is 72.9 Å². The Morgan fingerprint density at radius 1 is 0.673 bits per heavy atom. The number of quaternary nitrogens is 1. The maximum Gasteiger partial charge on any atom is 0.472 e. The van der Waals surface area contributed by atoms with Crippen molar-refractivity contribution in [2.24, 2.45) is 0 Å². The van der Waals surface area contributed by atoms with E-state index in [1.165, 1.54) is 25.7 Å². The molecule has 0 heterocycles.